The molecule has 0 aromatic heterocycles. The van der Waals surface area contributed by atoms with E-state index < -0.39 is 0 Å². The van der Waals surface area contributed by atoms with E-state index in [-0.39, 0.29) is 11.4 Å². The zero-order chi connectivity index (χ0) is 17.9. The number of ether oxygens (including phenoxy) is 1. The summed E-state index contributed by atoms with van der Waals surface area (Å²) in [6.45, 7) is 13.2. The molecule has 1 aromatic rings. The molecule has 3 rings (SSSR count). The van der Waals surface area contributed by atoms with Gasteiger partial charge in [-0.05, 0) is 44.0 Å². The summed E-state index contributed by atoms with van der Waals surface area (Å²) in [5.74, 6) is 1.25. The number of nitrogens with one attached hydrogen (secondary N) is 3. The number of hydrogen-bond donors (Lipinski definition) is 3. The molecule has 1 saturated heterocycles. The van der Waals surface area contributed by atoms with Gasteiger partial charge in [0.1, 0.15) is 38.5 Å². The average Bonchev–Trinajstić information content (AvgIpc) is 3.04. The molecule has 2 aliphatic rings. The first-order valence-corrected chi connectivity index (χ1v) is 9.68. The van der Waals surface area contributed by atoms with Gasteiger partial charge in [-0.1, -0.05) is 6.92 Å². The average molecular weight is 348 g/mol. The predicted octanol–water partition coefficient (Wildman–Crippen LogP) is -0.790. The minimum atomic E-state index is -0.0964. The Morgan fingerprint density at radius 1 is 1.20 bits per heavy atom. The van der Waals surface area contributed by atoms with E-state index in [1.54, 1.807) is 4.90 Å². The van der Waals surface area contributed by atoms with Crippen molar-refractivity contribution in [2.45, 2.75) is 45.7 Å². The quantitative estimate of drug-likeness (QED) is 0.632. The zero-order valence-corrected chi connectivity index (χ0v) is 15.9. The second-order valence-corrected chi connectivity index (χ2v) is 8.18. The third kappa shape index (κ3) is 4.95. The second-order valence-electron chi connectivity index (χ2n) is 8.18. The highest BCUT2D eigenvalue weighted by Crippen LogP contribution is 2.25. The number of hydrogen-bond acceptors (Lipinski definition) is 2. The minimum absolute atomic E-state index is 0.0964. The highest BCUT2D eigenvalue weighted by Gasteiger charge is 2.27. The molecule has 25 heavy (non-hydrogen) atoms. The Bertz CT molecular complexity index is 607. The van der Waals surface area contributed by atoms with Crippen LogP contribution in [0, 0.1) is 0 Å². The lowest BCUT2D eigenvalue weighted by Crippen LogP contribution is -3.28. The van der Waals surface area contributed by atoms with E-state index in [0.717, 1.165) is 57.9 Å². The number of benzene rings is 1. The Kier molecular flexibility index (Phi) is 5.64. The zero-order valence-electron chi connectivity index (χ0n) is 15.9. The van der Waals surface area contributed by atoms with Gasteiger partial charge in [0.05, 0.1) is 6.61 Å². The van der Waals surface area contributed by atoms with Gasteiger partial charge in [0.2, 0.25) is 0 Å². The van der Waals surface area contributed by atoms with Crippen LogP contribution in [0.4, 0.5) is 0 Å². The largest absolute Gasteiger partial charge is 0.493 e. The number of carbonyl (C=O) groups excluding carboxylic acids is 1. The molecule has 0 aliphatic carbocycles. The van der Waals surface area contributed by atoms with Crippen molar-refractivity contribution in [3.05, 3.63) is 29.3 Å². The third-order valence-electron chi connectivity index (χ3n) is 5.64. The summed E-state index contributed by atoms with van der Waals surface area (Å²) in [5, 5.41) is 3.15. The van der Waals surface area contributed by atoms with E-state index in [0.29, 0.717) is 6.54 Å². The molecule has 0 spiro atoms. The summed E-state index contributed by atoms with van der Waals surface area (Å²) in [6, 6.07) is 6.64. The third-order valence-corrected chi connectivity index (χ3v) is 5.64. The van der Waals surface area contributed by atoms with Gasteiger partial charge < -0.3 is 19.9 Å². The van der Waals surface area contributed by atoms with Crippen LogP contribution in [0.25, 0.3) is 0 Å². The summed E-state index contributed by atoms with van der Waals surface area (Å²) >= 11 is 0. The molecular weight excluding hydrogens is 314 g/mol. The van der Waals surface area contributed by atoms with Gasteiger partial charge in [0, 0.05) is 17.5 Å². The lowest BCUT2D eigenvalue weighted by molar-refractivity contribution is -1.02. The summed E-state index contributed by atoms with van der Waals surface area (Å²) in [7, 11) is 0. The van der Waals surface area contributed by atoms with Crippen molar-refractivity contribution in [1.82, 2.24) is 5.32 Å². The molecule has 1 aromatic carbocycles. The van der Waals surface area contributed by atoms with Gasteiger partial charge in [0.15, 0.2) is 6.54 Å². The van der Waals surface area contributed by atoms with Gasteiger partial charge in [-0.3, -0.25) is 4.79 Å². The van der Waals surface area contributed by atoms with Gasteiger partial charge in [0.25, 0.3) is 5.91 Å². The van der Waals surface area contributed by atoms with Crippen LogP contribution >= 0.6 is 0 Å². The van der Waals surface area contributed by atoms with Crippen molar-refractivity contribution < 1.29 is 19.3 Å². The predicted molar refractivity (Wildman–Crippen MR) is 98.1 cm³/mol. The Hall–Kier alpha value is -1.59. The van der Waals surface area contributed by atoms with E-state index in [2.05, 4.69) is 44.3 Å². The lowest BCUT2D eigenvalue weighted by atomic mass is 10.0. The van der Waals surface area contributed by atoms with Crippen LogP contribution in [0.2, 0.25) is 0 Å². The van der Waals surface area contributed by atoms with Crippen molar-refractivity contribution >= 4 is 5.91 Å². The maximum absolute atomic E-state index is 12.2. The Morgan fingerprint density at radius 3 is 2.64 bits per heavy atom. The fourth-order valence-corrected chi connectivity index (χ4v) is 3.69. The van der Waals surface area contributed by atoms with Gasteiger partial charge in [-0.15, -0.1) is 0 Å². The van der Waals surface area contributed by atoms with E-state index in [1.165, 1.54) is 16.0 Å². The number of quaternary nitrogens is 2. The molecule has 5 heteroatoms. The lowest BCUT2D eigenvalue weighted by Gasteiger charge is -2.31. The van der Waals surface area contributed by atoms with Crippen molar-refractivity contribution in [3.8, 4) is 5.75 Å². The van der Waals surface area contributed by atoms with E-state index in [4.69, 9.17) is 4.74 Å². The first-order chi connectivity index (χ1) is 11.9. The molecule has 5 nitrogen and oxygen atoms in total. The van der Waals surface area contributed by atoms with Crippen LogP contribution < -0.4 is 19.9 Å². The number of amides is 1. The Balaban J connectivity index is 1.43. The summed E-state index contributed by atoms with van der Waals surface area (Å²) in [6.07, 6.45) is 2.00. The molecule has 0 saturated carbocycles. The topological polar surface area (TPSA) is 47.2 Å². The molecule has 0 radical (unpaired) electrons. The molecule has 0 bridgehead atoms. The molecular formula is C20H33N3O2+2. The maximum atomic E-state index is 12.2. The van der Waals surface area contributed by atoms with Crippen molar-refractivity contribution in [3.63, 3.8) is 0 Å². The van der Waals surface area contributed by atoms with E-state index in [1.807, 2.05) is 0 Å². The van der Waals surface area contributed by atoms with Crippen LogP contribution in [-0.4, -0.2) is 50.8 Å². The molecule has 2 heterocycles. The molecule has 0 atom stereocenters. The van der Waals surface area contributed by atoms with Gasteiger partial charge in [-0.2, -0.15) is 0 Å². The summed E-state index contributed by atoms with van der Waals surface area (Å²) in [5.41, 5.74) is 2.67. The second kappa shape index (κ2) is 7.75. The van der Waals surface area contributed by atoms with Crippen LogP contribution in [0.15, 0.2) is 18.2 Å². The van der Waals surface area contributed by atoms with Crippen molar-refractivity contribution in [2.24, 2.45) is 0 Å². The van der Waals surface area contributed by atoms with Crippen LogP contribution in [-0.2, 0) is 17.8 Å². The molecule has 0 unspecified atom stereocenters. The molecule has 1 amide bonds. The molecule has 138 valence electrons. The molecule has 2 aliphatic heterocycles. The minimum Gasteiger partial charge on any atom is -0.493 e. The van der Waals surface area contributed by atoms with Crippen LogP contribution in [0.3, 0.4) is 0 Å². The first kappa shape index (κ1) is 18.2. The number of rotatable bonds is 6. The van der Waals surface area contributed by atoms with Crippen LogP contribution in [0.1, 0.15) is 38.3 Å². The normalized spacial score (nSPS) is 23.0. The molecule has 1 fully saturated rings. The summed E-state index contributed by atoms with van der Waals surface area (Å²) in [4.78, 5) is 15.3. The number of carbonyl (C=O) groups is 1. The summed E-state index contributed by atoms with van der Waals surface area (Å²) < 4.78 is 5.59. The SMILES string of the molecule is CCC(C)(C)NC(=O)C[NH+]1CC[NH+](Cc2ccc3c(c2)CCO3)CC1. The Morgan fingerprint density at radius 2 is 1.92 bits per heavy atom. The highest BCUT2D eigenvalue weighted by molar-refractivity contribution is 5.77. The van der Waals surface area contributed by atoms with Crippen LogP contribution in [0.5, 0.6) is 5.75 Å². The molecule has 3 N–H and O–H groups in total. The van der Waals surface area contributed by atoms with Crippen molar-refractivity contribution in [1.29, 1.82) is 0 Å². The first-order valence-electron chi connectivity index (χ1n) is 9.68. The van der Waals surface area contributed by atoms with E-state index in [9.17, 15) is 4.79 Å². The maximum Gasteiger partial charge on any atom is 0.275 e. The fraction of sp³-hybridized carbons (Fsp3) is 0.650. The van der Waals surface area contributed by atoms with E-state index >= 15 is 0 Å². The van der Waals surface area contributed by atoms with Crippen molar-refractivity contribution in [2.75, 3.05) is 39.3 Å². The monoisotopic (exact) mass is 347 g/mol. The smallest absolute Gasteiger partial charge is 0.275 e. The fourth-order valence-electron chi connectivity index (χ4n) is 3.69. The van der Waals surface area contributed by atoms with Gasteiger partial charge >= 0.3 is 0 Å². The Labute approximate surface area is 151 Å². The number of piperazine rings is 1. The standard InChI is InChI=1S/C20H31N3O2/c1-4-20(2,3)21-19(24)15-23-10-8-22(9-11-23)14-16-5-6-18-17(13-16)7-12-25-18/h5-6,13H,4,7-12,14-15H2,1-3H3,(H,21,24)/p+2. The van der Waals surface area contributed by atoms with Gasteiger partial charge in [-0.25, -0.2) is 0 Å². The highest BCUT2D eigenvalue weighted by atomic mass is 16.5. The number of fused-ring (bicyclic) bond motifs is 1.